The van der Waals surface area contributed by atoms with E-state index in [-0.39, 0.29) is 0 Å². The Morgan fingerprint density at radius 1 is 1.35 bits per heavy atom. The van der Waals surface area contributed by atoms with Crippen molar-refractivity contribution in [2.75, 3.05) is 0 Å². The minimum Gasteiger partial charge on any atom is -0.300 e. The summed E-state index contributed by atoms with van der Waals surface area (Å²) in [5.41, 5.74) is 1.98. The second kappa shape index (κ2) is 5.38. The molecule has 1 N–H and O–H groups in total. The topological polar surface area (TPSA) is 64.3 Å². The average molecular weight is 286 g/mol. The van der Waals surface area contributed by atoms with E-state index >= 15 is 0 Å². The average Bonchev–Trinajstić information content (AvgIpc) is 3.04. The molecular formula is C13H14N6S. The summed E-state index contributed by atoms with van der Waals surface area (Å²) in [4.78, 5) is 4.12. The van der Waals surface area contributed by atoms with Gasteiger partial charge in [-0.3, -0.25) is 19.3 Å². The molecule has 3 aromatic heterocycles. The number of nitrogens with zero attached hydrogens (tertiary/aromatic N) is 5. The molecule has 0 aliphatic heterocycles. The van der Waals surface area contributed by atoms with Crippen LogP contribution in [-0.4, -0.2) is 29.5 Å². The van der Waals surface area contributed by atoms with Crippen LogP contribution in [0.3, 0.4) is 0 Å². The number of rotatable bonds is 4. The summed E-state index contributed by atoms with van der Waals surface area (Å²) < 4.78 is 4.38. The molecule has 3 rings (SSSR count). The Morgan fingerprint density at radius 3 is 2.95 bits per heavy atom. The second-order valence-corrected chi connectivity index (χ2v) is 4.86. The number of H-pyrrole nitrogens is 1. The second-order valence-electron chi connectivity index (χ2n) is 4.48. The summed E-state index contributed by atoms with van der Waals surface area (Å²) in [5, 5.41) is 11.5. The molecule has 0 radical (unpaired) electrons. The molecule has 0 amide bonds. The van der Waals surface area contributed by atoms with Crippen LogP contribution < -0.4 is 0 Å². The fourth-order valence-electron chi connectivity index (χ4n) is 2.06. The lowest BCUT2D eigenvalue weighted by Crippen LogP contribution is -2.05. The van der Waals surface area contributed by atoms with Crippen molar-refractivity contribution in [2.45, 2.75) is 13.0 Å². The third-order valence-corrected chi connectivity index (χ3v) is 3.35. The monoisotopic (exact) mass is 286 g/mol. The zero-order chi connectivity index (χ0) is 13.9. The summed E-state index contributed by atoms with van der Waals surface area (Å²) in [7, 11) is 1.91. The van der Waals surface area contributed by atoms with Gasteiger partial charge in [0.05, 0.1) is 5.69 Å². The zero-order valence-corrected chi connectivity index (χ0v) is 11.8. The lowest BCUT2D eigenvalue weighted by Gasteiger charge is -2.05. The van der Waals surface area contributed by atoms with Crippen LogP contribution in [0.2, 0.25) is 0 Å². The van der Waals surface area contributed by atoms with Gasteiger partial charge < -0.3 is 0 Å². The number of aromatic nitrogens is 6. The zero-order valence-electron chi connectivity index (χ0n) is 11.0. The van der Waals surface area contributed by atoms with E-state index in [9.17, 15) is 0 Å². The molecule has 0 aromatic carbocycles. The molecule has 3 aromatic rings. The van der Waals surface area contributed by atoms with Crippen LogP contribution in [0.25, 0.3) is 11.4 Å². The van der Waals surface area contributed by atoms with Gasteiger partial charge in [0, 0.05) is 44.2 Å². The Labute approximate surface area is 121 Å². The summed E-state index contributed by atoms with van der Waals surface area (Å²) in [6, 6.07) is 5.86. The van der Waals surface area contributed by atoms with Gasteiger partial charge in [0.15, 0.2) is 10.6 Å². The Bertz CT molecular complexity index is 755. The Kier molecular flexibility index (Phi) is 3.42. The highest BCUT2D eigenvalue weighted by molar-refractivity contribution is 7.71. The van der Waals surface area contributed by atoms with E-state index in [1.807, 2.05) is 36.0 Å². The van der Waals surface area contributed by atoms with Crippen molar-refractivity contribution in [3.8, 4) is 11.4 Å². The Hall–Kier alpha value is -2.28. The third kappa shape index (κ3) is 2.53. The number of hydrogen-bond acceptors (Lipinski definition) is 4. The van der Waals surface area contributed by atoms with Crippen molar-refractivity contribution < 1.29 is 0 Å². The number of pyridine rings is 1. The van der Waals surface area contributed by atoms with Crippen molar-refractivity contribution >= 4 is 12.2 Å². The molecule has 102 valence electrons. The summed E-state index contributed by atoms with van der Waals surface area (Å²) in [5.74, 6) is 0.805. The van der Waals surface area contributed by atoms with Crippen LogP contribution >= 0.6 is 12.2 Å². The maximum absolute atomic E-state index is 5.29. The van der Waals surface area contributed by atoms with Crippen molar-refractivity contribution in [1.29, 1.82) is 0 Å². The normalized spacial score (nSPS) is 10.8. The SMILES string of the molecule is Cn1ccc(CCn2c(-c3cccnc3)n[nH]c2=S)n1. The fourth-order valence-corrected chi connectivity index (χ4v) is 2.29. The van der Waals surface area contributed by atoms with Gasteiger partial charge in [0.25, 0.3) is 0 Å². The molecule has 3 heterocycles. The third-order valence-electron chi connectivity index (χ3n) is 3.04. The molecule has 7 heteroatoms. The first-order valence-corrected chi connectivity index (χ1v) is 6.69. The maximum Gasteiger partial charge on any atom is 0.195 e. The van der Waals surface area contributed by atoms with E-state index in [0.29, 0.717) is 4.77 Å². The van der Waals surface area contributed by atoms with Gasteiger partial charge >= 0.3 is 0 Å². The number of aryl methyl sites for hydroxylation is 2. The minimum absolute atomic E-state index is 0.611. The molecule has 6 nitrogen and oxygen atoms in total. The molecule has 0 atom stereocenters. The molecule has 0 aliphatic carbocycles. The van der Waals surface area contributed by atoms with E-state index in [0.717, 1.165) is 30.0 Å². The quantitative estimate of drug-likeness (QED) is 0.745. The van der Waals surface area contributed by atoms with Gasteiger partial charge in [0.1, 0.15) is 0 Å². The van der Waals surface area contributed by atoms with Crippen LogP contribution in [0.5, 0.6) is 0 Å². The van der Waals surface area contributed by atoms with Gasteiger partial charge in [-0.25, -0.2) is 0 Å². The predicted octanol–water partition coefficient (Wildman–Crippen LogP) is 1.98. The van der Waals surface area contributed by atoms with Gasteiger partial charge in [-0.15, -0.1) is 0 Å². The summed E-state index contributed by atoms with van der Waals surface area (Å²) in [6.45, 7) is 0.733. The van der Waals surface area contributed by atoms with Crippen LogP contribution in [0, 0.1) is 4.77 Å². The largest absolute Gasteiger partial charge is 0.300 e. The molecular weight excluding hydrogens is 272 g/mol. The molecule has 0 saturated carbocycles. The lowest BCUT2D eigenvalue weighted by molar-refractivity contribution is 0.661. The van der Waals surface area contributed by atoms with Gasteiger partial charge in [-0.2, -0.15) is 10.2 Å². The molecule has 20 heavy (non-hydrogen) atoms. The number of nitrogens with one attached hydrogen (secondary N) is 1. The number of hydrogen-bond donors (Lipinski definition) is 1. The highest BCUT2D eigenvalue weighted by Crippen LogP contribution is 2.16. The standard InChI is InChI=1S/C13H14N6S/c1-18-7-4-11(17-18)5-8-19-12(15-16-13(19)20)10-3-2-6-14-9-10/h2-4,6-7,9H,5,8H2,1H3,(H,16,20). The smallest absolute Gasteiger partial charge is 0.195 e. The predicted molar refractivity (Wildman–Crippen MR) is 77.6 cm³/mol. The van der Waals surface area contributed by atoms with Crippen molar-refractivity contribution in [1.82, 2.24) is 29.5 Å². The van der Waals surface area contributed by atoms with Crippen LogP contribution in [0.1, 0.15) is 5.69 Å². The van der Waals surface area contributed by atoms with Crippen molar-refractivity contribution in [3.63, 3.8) is 0 Å². The summed E-state index contributed by atoms with van der Waals surface area (Å²) in [6.07, 6.45) is 6.26. The summed E-state index contributed by atoms with van der Waals surface area (Å²) >= 11 is 5.29. The minimum atomic E-state index is 0.611. The van der Waals surface area contributed by atoms with Crippen molar-refractivity contribution in [2.24, 2.45) is 7.05 Å². The van der Waals surface area contributed by atoms with Crippen LogP contribution in [0.4, 0.5) is 0 Å². The van der Waals surface area contributed by atoms with Crippen LogP contribution in [0.15, 0.2) is 36.8 Å². The molecule has 0 bridgehead atoms. The van der Waals surface area contributed by atoms with Gasteiger partial charge in [-0.1, -0.05) is 0 Å². The Balaban J connectivity index is 1.86. The molecule has 0 aliphatic rings. The highest BCUT2D eigenvalue weighted by Gasteiger charge is 2.09. The molecule has 0 fully saturated rings. The fraction of sp³-hybridized carbons (Fsp3) is 0.231. The van der Waals surface area contributed by atoms with E-state index in [1.165, 1.54) is 0 Å². The first-order chi connectivity index (χ1) is 9.74. The first-order valence-electron chi connectivity index (χ1n) is 6.28. The van der Waals surface area contributed by atoms with Crippen molar-refractivity contribution in [3.05, 3.63) is 47.3 Å². The van der Waals surface area contributed by atoms with Crippen LogP contribution in [-0.2, 0) is 20.0 Å². The number of aromatic amines is 1. The molecule has 0 spiro atoms. The highest BCUT2D eigenvalue weighted by atomic mass is 32.1. The molecule has 0 saturated heterocycles. The van der Waals surface area contributed by atoms with E-state index in [4.69, 9.17) is 12.2 Å². The lowest BCUT2D eigenvalue weighted by atomic mass is 10.2. The molecule has 0 unspecified atom stereocenters. The van der Waals surface area contributed by atoms with E-state index in [1.54, 1.807) is 17.1 Å². The Morgan fingerprint density at radius 2 is 2.25 bits per heavy atom. The maximum atomic E-state index is 5.29. The van der Waals surface area contributed by atoms with E-state index < -0.39 is 0 Å². The van der Waals surface area contributed by atoms with Gasteiger partial charge in [-0.05, 0) is 30.4 Å². The first kappa shape index (κ1) is 12.7. The van der Waals surface area contributed by atoms with E-state index in [2.05, 4.69) is 20.3 Å². The van der Waals surface area contributed by atoms with Gasteiger partial charge in [0.2, 0.25) is 0 Å².